The molecule has 4 aromatic heterocycles. The smallest absolute Gasteiger partial charge is 0.226 e. The van der Waals surface area contributed by atoms with E-state index in [2.05, 4.69) is 40.7 Å². The summed E-state index contributed by atoms with van der Waals surface area (Å²) in [6, 6.07) is 14.6. The minimum absolute atomic E-state index is 0.0797. The molecule has 2 aromatic carbocycles. The number of halogens is 1. The molecular formula is C32H32FN9O. The average molecular weight is 578 g/mol. The van der Waals surface area contributed by atoms with Crippen molar-refractivity contribution in [3.63, 3.8) is 0 Å². The summed E-state index contributed by atoms with van der Waals surface area (Å²) in [5.41, 5.74) is 7.20. The molecular weight excluding hydrogens is 545 g/mol. The monoisotopic (exact) mass is 577 g/mol. The van der Waals surface area contributed by atoms with Gasteiger partial charge in [0.1, 0.15) is 11.5 Å². The van der Waals surface area contributed by atoms with E-state index < -0.39 is 0 Å². The van der Waals surface area contributed by atoms with E-state index in [1.807, 2.05) is 64.3 Å². The number of amides is 1. The molecule has 4 N–H and O–H groups in total. The number of nitrogens with one attached hydrogen (secondary N) is 4. The first kappa shape index (κ1) is 28.0. The van der Waals surface area contributed by atoms with Crippen molar-refractivity contribution in [2.24, 2.45) is 5.92 Å². The van der Waals surface area contributed by atoms with Crippen LogP contribution in [0.15, 0.2) is 67.1 Å². The lowest BCUT2D eigenvalue weighted by molar-refractivity contribution is -0.118. The maximum absolute atomic E-state index is 14.7. The molecule has 11 heteroatoms. The summed E-state index contributed by atoms with van der Waals surface area (Å²) in [5.74, 6) is 0.0115. The van der Waals surface area contributed by atoms with Crippen molar-refractivity contribution in [3.8, 4) is 33.8 Å². The summed E-state index contributed by atoms with van der Waals surface area (Å²) in [4.78, 5) is 31.4. The zero-order chi connectivity index (χ0) is 30.1. The number of likely N-dealkylation sites (N-methyl/N-ethyl adjacent to an activating group) is 1. The van der Waals surface area contributed by atoms with Crippen LogP contribution in [0.4, 0.5) is 15.8 Å². The number of aromatic nitrogens is 6. The molecule has 0 atom stereocenters. The van der Waals surface area contributed by atoms with Crippen LogP contribution in [0, 0.1) is 11.7 Å². The van der Waals surface area contributed by atoms with Gasteiger partial charge in [0.15, 0.2) is 11.5 Å². The summed E-state index contributed by atoms with van der Waals surface area (Å²) in [6.45, 7) is 5.20. The molecule has 1 amide bonds. The van der Waals surface area contributed by atoms with Gasteiger partial charge in [-0.05, 0) is 56.1 Å². The highest BCUT2D eigenvalue weighted by Crippen LogP contribution is 2.34. The van der Waals surface area contributed by atoms with Gasteiger partial charge in [-0.1, -0.05) is 26.0 Å². The molecule has 0 aliphatic rings. The first-order valence-corrected chi connectivity index (χ1v) is 14.0. The maximum Gasteiger partial charge on any atom is 0.226 e. The Morgan fingerprint density at radius 2 is 1.81 bits per heavy atom. The molecule has 0 unspecified atom stereocenters. The lowest BCUT2D eigenvalue weighted by atomic mass is 10.0. The summed E-state index contributed by atoms with van der Waals surface area (Å²) in [7, 11) is 4.00. The van der Waals surface area contributed by atoms with Gasteiger partial charge in [0.2, 0.25) is 5.91 Å². The second-order valence-corrected chi connectivity index (χ2v) is 11.0. The van der Waals surface area contributed by atoms with Crippen molar-refractivity contribution in [1.29, 1.82) is 0 Å². The van der Waals surface area contributed by atoms with Crippen LogP contribution >= 0.6 is 0 Å². The molecule has 10 nitrogen and oxygen atoms in total. The SMILES string of the molecule is CC(C)C(=O)Nc1cncc(-c2cnc3[nH]nc(-c4nc5c(-c6cc(F)cc(NCCN(C)C)c6)cccc5[nH]4)c3c2)c1. The lowest BCUT2D eigenvalue weighted by Crippen LogP contribution is -2.20. The molecule has 0 saturated carbocycles. The summed E-state index contributed by atoms with van der Waals surface area (Å²) in [5, 5.41) is 14.5. The minimum Gasteiger partial charge on any atom is -0.384 e. The highest BCUT2D eigenvalue weighted by Gasteiger charge is 2.17. The zero-order valence-electron chi connectivity index (χ0n) is 24.4. The van der Waals surface area contributed by atoms with Gasteiger partial charge in [0.05, 0.1) is 28.3 Å². The third-order valence-electron chi connectivity index (χ3n) is 7.11. The van der Waals surface area contributed by atoms with Gasteiger partial charge in [-0.2, -0.15) is 5.10 Å². The molecule has 0 spiro atoms. The Morgan fingerprint density at radius 3 is 2.63 bits per heavy atom. The number of pyridine rings is 2. The fraction of sp³-hybridized carbons (Fsp3) is 0.219. The van der Waals surface area contributed by atoms with Gasteiger partial charge in [0.25, 0.3) is 0 Å². The van der Waals surface area contributed by atoms with Gasteiger partial charge in [-0.3, -0.25) is 14.9 Å². The second kappa shape index (κ2) is 11.6. The number of fused-ring (bicyclic) bond motifs is 2. The predicted molar refractivity (Wildman–Crippen MR) is 168 cm³/mol. The lowest BCUT2D eigenvalue weighted by Gasteiger charge is -2.13. The Labute approximate surface area is 247 Å². The molecule has 6 aromatic rings. The van der Waals surface area contributed by atoms with Crippen molar-refractivity contribution < 1.29 is 9.18 Å². The molecule has 218 valence electrons. The van der Waals surface area contributed by atoms with E-state index in [0.29, 0.717) is 40.6 Å². The average Bonchev–Trinajstić information content (AvgIpc) is 3.60. The Morgan fingerprint density at radius 1 is 1.00 bits per heavy atom. The Balaban J connectivity index is 1.36. The molecule has 0 saturated heterocycles. The number of imidazole rings is 1. The Hall–Kier alpha value is -5.16. The van der Waals surface area contributed by atoms with E-state index in [4.69, 9.17) is 4.98 Å². The molecule has 0 aliphatic heterocycles. The number of aromatic amines is 2. The zero-order valence-corrected chi connectivity index (χ0v) is 24.4. The molecule has 6 rings (SSSR count). The number of hydrogen-bond donors (Lipinski definition) is 4. The summed E-state index contributed by atoms with van der Waals surface area (Å²) in [6.07, 6.45) is 5.08. The van der Waals surface area contributed by atoms with E-state index in [1.54, 1.807) is 18.6 Å². The van der Waals surface area contributed by atoms with Gasteiger partial charge in [-0.25, -0.2) is 14.4 Å². The maximum atomic E-state index is 14.7. The van der Waals surface area contributed by atoms with Crippen LogP contribution in [0.25, 0.3) is 55.8 Å². The van der Waals surface area contributed by atoms with E-state index in [9.17, 15) is 9.18 Å². The van der Waals surface area contributed by atoms with Gasteiger partial charge < -0.3 is 20.5 Å². The number of carbonyl (C=O) groups excluding carboxylic acids is 1. The largest absolute Gasteiger partial charge is 0.384 e. The van der Waals surface area contributed by atoms with Gasteiger partial charge in [-0.15, -0.1) is 0 Å². The van der Waals surface area contributed by atoms with Crippen molar-refractivity contribution in [1.82, 2.24) is 35.0 Å². The molecule has 0 aliphatic carbocycles. The van der Waals surface area contributed by atoms with Crippen molar-refractivity contribution in [3.05, 3.63) is 72.9 Å². The van der Waals surface area contributed by atoms with Crippen LogP contribution in [0.5, 0.6) is 0 Å². The van der Waals surface area contributed by atoms with E-state index in [-0.39, 0.29) is 17.6 Å². The number of H-pyrrole nitrogens is 2. The topological polar surface area (TPSA) is 128 Å². The van der Waals surface area contributed by atoms with E-state index in [1.165, 1.54) is 12.1 Å². The first-order chi connectivity index (χ1) is 20.7. The molecule has 0 bridgehead atoms. The van der Waals surface area contributed by atoms with Gasteiger partial charge in [0, 0.05) is 53.8 Å². The van der Waals surface area contributed by atoms with E-state index >= 15 is 0 Å². The number of nitrogens with zero attached hydrogens (tertiary/aromatic N) is 5. The van der Waals surface area contributed by atoms with Crippen LogP contribution in [0.3, 0.4) is 0 Å². The first-order valence-electron chi connectivity index (χ1n) is 14.0. The number of rotatable bonds is 9. The number of para-hydroxylation sites is 1. The summed E-state index contributed by atoms with van der Waals surface area (Å²) < 4.78 is 14.7. The number of carbonyl (C=O) groups is 1. The fourth-order valence-corrected chi connectivity index (χ4v) is 4.84. The third kappa shape index (κ3) is 5.93. The quantitative estimate of drug-likeness (QED) is 0.168. The number of benzene rings is 2. The van der Waals surface area contributed by atoms with Crippen LogP contribution in [-0.2, 0) is 4.79 Å². The number of anilines is 2. The third-order valence-corrected chi connectivity index (χ3v) is 7.11. The van der Waals surface area contributed by atoms with Crippen molar-refractivity contribution in [2.45, 2.75) is 13.8 Å². The molecule has 4 heterocycles. The van der Waals surface area contributed by atoms with Gasteiger partial charge >= 0.3 is 0 Å². The molecule has 0 radical (unpaired) electrons. The van der Waals surface area contributed by atoms with Crippen LogP contribution in [-0.4, -0.2) is 68.1 Å². The van der Waals surface area contributed by atoms with Crippen LogP contribution in [0.1, 0.15) is 13.8 Å². The predicted octanol–water partition coefficient (Wildman–Crippen LogP) is 5.94. The second-order valence-electron chi connectivity index (χ2n) is 11.0. The van der Waals surface area contributed by atoms with Crippen LogP contribution < -0.4 is 10.6 Å². The molecule has 0 fully saturated rings. The Kier molecular flexibility index (Phi) is 7.56. The Bertz CT molecular complexity index is 1940. The highest BCUT2D eigenvalue weighted by molar-refractivity contribution is 5.98. The van der Waals surface area contributed by atoms with Crippen molar-refractivity contribution >= 4 is 39.3 Å². The minimum atomic E-state index is -0.322. The highest BCUT2D eigenvalue weighted by atomic mass is 19.1. The number of hydrogen-bond acceptors (Lipinski definition) is 7. The normalized spacial score (nSPS) is 11.6. The standard InChI is InChI=1S/C32H32FN9O/c1-18(2)32(43)37-24-12-20(15-34-17-24)21-13-26-29(40-41-30(26)36-16-21)31-38-27-7-5-6-25(28(27)39-31)19-10-22(33)14-23(11-19)35-8-9-42(3)4/h5-7,10-18,35H,8-9H2,1-4H3,(H,37,43)(H,38,39)(H,36,40,41). The van der Waals surface area contributed by atoms with E-state index in [0.717, 1.165) is 39.7 Å². The van der Waals surface area contributed by atoms with Crippen molar-refractivity contribution in [2.75, 3.05) is 37.8 Å². The fourth-order valence-electron chi connectivity index (χ4n) is 4.84. The van der Waals surface area contributed by atoms with Crippen LogP contribution in [0.2, 0.25) is 0 Å². The summed E-state index contributed by atoms with van der Waals surface area (Å²) >= 11 is 0. The molecule has 43 heavy (non-hydrogen) atoms.